The van der Waals surface area contributed by atoms with E-state index in [0.29, 0.717) is 10.8 Å². The van der Waals surface area contributed by atoms with Crippen molar-refractivity contribution in [1.29, 1.82) is 0 Å². The van der Waals surface area contributed by atoms with Gasteiger partial charge < -0.3 is 15.0 Å². The summed E-state index contributed by atoms with van der Waals surface area (Å²) in [7, 11) is -2.85. The van der Waals surface area contributed by atoms with Gasteiger partial charge in [-0.2, -0.15) is 0 Å². The molecule has 1 atom stereocenters. The molecule has 0 unspecified atom stereocenters. The second kappa shape index (κ2) is 15.0. The summed E-state index contributed by atoms with van der Waals surface area (Å²) in [5.74, 6) is -1.25. The van der Waals surface area contributed by atoms with Crippen LogP contribution in [0.1, 0.15) is 25.0 Å². The predicted octanol–water partition coefficient (Wildman–Crippen LogP) is 5.85. The zero-order valence-electron chi connectivity index (χ0n) is 25.2. The van der Waals surface area contributed by atoms with Crippen LogP contribution in [-0.4, -0.2) is 50.9 Å². The highest BCUT2D eigenvalue weighted by molar-refractivity contribution is 7.92. The molecule has 4 rings (SSSR count). The Morgan fingerprint density at radius 3 is 2.11 bits per heavy atom. The van der Waals surface area contributed by atoms with Crippen molar-refractivity contribution in [2.24, 2.45) is 0 Å². The number of carbonyl (C=O) groups is 2. The van der Waals surface area contributed by atoms with Gasteiger partial charge in [-0.05, 0) is 74.0 Å². The third kappa shape index (κ3) is 8.61. The average Bonchev–Trinajstić information content (AvgIpc) is 3.03. The number of methoxy groups -OCH3 is 1. The van der Waals surface area contributed by atoms with E-state index in [-0.39, 0.29) is 35.2 Å². The molecule has 0 aliphatic heterocycles. The Bertz CT molecular complexity index is 1700. The maximum Gasteiger partial charge on any atom is 0.264 e. The number of nitrogens with one attached hydrogen (secondary N) is 1. The third-order valence-corrected chi connectivity index (χ3v) is 9.08. The van der Waals surface area contributed by atoms with Crippen LogP contribution < -0.4 is 14.4 Å². The van der Waals surface area contributed by atoms with Crippen molar-refractivity contribution in [2.45, 2.75) is 43.8 Å². The number of rotatable bonds is 13. The Morgan fingerprint density at radius 1 is 0.889 bits per heavy atom. The fourth-order valence-electron chi connectivity index (χ4n) is 4.76. The largest absolute Gasteiger partial charge is 0.497 e. The number of halogens is 2. The van der Waals surface area contributed by atoms with Crippen LogP contribution in [0.15, 0.2) is 108 Å². The van der Waals surface area contributed by atoms with Crippen molar-refractivity contribution >= 4 is 39.1 Å². The van der Waals surface area contributed by atoms with Gasteiger partial charge in [0.15, 0.2) is 0 Å². The maximum absolute atomic E-state index is 15.0. The molecule has 0 heterocycles. The Hall–Kier alpha value is -4.41. The molecular formula is C34H35ClFN3O5S. The SMILES string of the molecule is COc1ccc(S(=O)(=O)N(CC(=O)N(Cc2ccccc2F)[C@@H](Cc2ccccc2)C(=O)NC(C)C)c2ccc(Cl)cc2)cc1. The first kappa shape index (κ1) is 33.5. The molecule has 0 aromatic heterocycles. The molecule has 0 radical (unpaired) electrons. The minimum absolute atomic E-state index is 0.0786. The van der Waals surface area contributed by atoms with Gasteiger partial charge in [-0.3, -0.25) is 13.9 Å². The third-order valence-electron chi connectivity index (χ3n) is 7.04. The molecule has 4 aromatic rings. The number of hydrogen-bond acceptors (Lipinski definition) is 5. The molecule has 0 spiro atoms. The number of hydrogen-bond donors (Lipinski definition) is 1. The summed E-state index contributed by atoms with van der Waals surface area (Å²) in [6.45, 7) is 2.64. The molecule has 11 heteroatoms. The second-order valence-electron chi connectivity index (χ2n) is 10.6. The van der Waals surface area contributed by atoms with Crippen LogP contribution in [0.25, 0.3) is 0 Å². The van der Waals surface area contributed by atoms with Gasteiger partial charge in [0, 0.05) is 29.6 Å². The molecule has 1 N–H and O–H groups in total. The smallest absolute Gasteiger partial charge is 0.264 e. The van der Waals surface area contributed by atoms with Gasteiger partial charge in [0.05, 0.1) is 17.7 Å². The highest BCUT2D eigenvalue weighted by atomic mass is 35.5. The van der Waals surface area contributed by atoms with Gasteiger partial charge in [0.2, 0.25) is 11.8 Å². The van der Waals surface area contributed by atoms with E-state index in [1.807, 2.05) is 30.3 Å². The predicted molar refractivity (Wildman–Crippen MR) is 173 cm³/mol. The van der Waals surface area contributed by atoms with Crippen molar-refractivity contribution < 1.29 is 27.1 Å². The first-order chi connectivity index (χ1) is 21.5. The summed E-state index contributed by atoms with van der Waals surface area (Å²) >= 11 is 6.10. The van der Waals surface area contributed by atoms with E-state index in [9.17, 15) is 22.4 Å². The molecule has 0 bridgehead atoms. The number of benzene rings is 4. The molecule has 236 valence electrons. The number of carbonyl (C=O) groups excluding carboxylic acids is 2. The van der Waals surface area contributed by atoms with Crippen LogP contribution in [0.3, 0.4) is 0 Å². The highest BCUT2D eigenvalue weighted by Gasteiger charge is 2.35. The van der Waals surface area contributed by atoms with E-state index in [1.165, 1.54) is 78.7 Å². The zero-order chi connectivity index (χ0) is 32.6. The Morgan fingerprint density at radius 2 is 1.51 bits per heavy atom. The quantitative estimate of drug-likeness (QED) is 0.196. The van der Waals surface area contributed by atoms with Crippen molar-refractivity contribution in [3.05, 3.63) is 125 Å². The lowest BCUT2D eigenvalue weighted by atomic mass is 10.0. The summed E-state index contributed by atoms with van der Waals surface area (Å²) in [4.78, 5) is 29.2. The summed E-state index contributed by atoms with van der Waals surface area (Å²) in [5.41, 5.74) is 1.13. The van der Waals surface area contributed by atoms with E-state index in [4.69, 9.17) is 16.3 Å². The molecular weight excluding hydrogens is 617 g/mol. The number of nitrogens with zero attached hydrogens (tertiary/aromatic N) is 2. The summed E-state index contributed by atoms with van der Waals surface area (Å²) in [6.07, 6.45) is 0.117. The first-order valence-corrected chi connectivity index (χ1v) is 16.1. The molecule has 0 aliphatic rings. The van der Waals surface area contributed by atoms with Gasteiger partial charge in [-0.15, -0.1) is 0 Å². The second-order valence-corrected chi connectivity index (χ2v) is 12.9. The normalized spacial score (nSPS) is 12.0. The van der Waals surface area contributed by atoms with E-state index in [0.717, 1.165) is 9.87 Å². The van der Waals surface area contributed by atoms with Crippen LogP contribution in [0.4, 0.5) is 10.1 Å². The highest BCUT2D eigenvalue weighted by Crippen LogP contribution is 2.27. The molecule has 8 nitrogen and oxygen atoms in total. The Balaban J connectivity index is 1.81. The summed E-state index contributed by atoms with van der Waals surface area (Å²) in [5, 5.41) is 3.25. The fraction of sp³-hybridized carbons (Fsp3) is 0.235. The molecule has 0 saturated heterocycles. The van der Waals surface area contributed by atoms with E-state index in [2.05, 4.69) is 5.32 Å². The minimum atomic E-state index is -4.31. The van der Waals surface area contributed by atoms with Gasteiger partial charge >= 0.3 is 0 Å². The standard InChI is InChI=1S/C34H35ClFN3O5S/c1-24(2)37-34(41)32(21-25-9-5-4-6-10-25)38(22-26-11-7-8-12-31(26)36)33(40)23-39(28-15-13-27(35)14-16-28)45(42,43)30-19-17-29(44-3)18-20-30/h4-20,24,32H,21-23H2,1-3H3,(H,37,41)/t32-/m0/s1. The lowest BCUT2D eigenvalue weighted by molar-refractivity contribution is -0.140. The molecule has 0 fully saturated rings. The summed E-state index contributed by atoms with van der Waals surface area (Å²) < 4.78 is 49.3. The van der Waals surface area contributed by atoms with Crippen LogP contribution in [0.2, 0.25) is 5.02 Å². The lowest BCUT2D eigenvalue weighted by Crippen LogP contribution is -2.54. The van der Waals surface area contributed by atoms with Gasteiger partial charge in [-0.25, -0.2) is 12.8 Å². The zero-order valence-corrected chi connectivity index (χ0v) is 26.8. The summed E-state index contributed by atoms with van der Waals surface area (Å²) in [6, 6.07) is 25.6. The number of sulfonamides is 1. The van der Waals surface area contributed by atoms with Crippen molar-refractivity contribution in [3.63, 3.8) is 0 Å². The number of ether oxygens (including phenoxy) is 1. The van der Waals surface area contributed by atoms with Gasteiger partial charge in [0.25, 0.3) is 10.0 Å². The topological polar surface area (TPSA) is 96.0 Å². The van der Waals surface area contributed by atoms with Crippen LogP contribution in [0.5, 0.6) is 5.75 Å². The fourth-order valence-corrected chi connectivity index (χ4v) is 6.30. The van der Waals surface area contributed by atoms with Crippen molar-refractivity contribution in [1.82, 2.24) is 10.2 Å². The van der Waals surface area contributed by atoms with E-state index < -0.39 is 40.2 Å². The van der Waals surface area contributed by atoms with Crippen LogP contribution >= 0.6 is 11.6 Å². The Labute approximate surface area is 268 Å². The number of amides is 2. The average molecular weight is 652 g/mol. The van der Waals surface area contributed by atoms with Crippen LogP contribution in [-0.2, 0) is 32.6 Å². The molecule has 2 amide bonds. The first-order valence-electron chi connectivity index (χ1n) is 14.3. The molecule has 0 aliphatic carbocycles. The van der Waals surface area contributed by atoms with E-state index >= 15 is 0 Å². The van der Waals surface area contributed by atoms with Gasteiger partial charge in [-0.1, -0.05) is 60.1 Å². The molecule has 4 aromatic carbocycles. The molecule has 0 saturated carbocycles. The monoisotopic (exact) mass is 651 g/mol. The van der Waals surface area contributed by atoms with Crippen LogP contribution in [0, 0.1) is 5.82 Å². The molecule has 45 heavy (non-hydrogen) atoms. The van der Waals surface area contributed by atoms with Gasteiger partial charge in [0.1, 0.15) is 24.2 Å². The van der Waals surface area contributed by atoms with Crippen molar-refractivity contribution in [2.75, 3.05) is 18.0 Å². The van der Waals surface area contributed by atoms with Crippen molar-refractivity contribution in [3.8, 4) is 5.75 Å². The lowest BCUT2D eigenvalue weighted by Gasteiger charge is -2.34. The van der Waals surface area contributed by atoms with E-state index in [1.54, 1.807) is 19.9 Å². The maximum atomic E-state index is 15.0. The Kier molecular flexibility index (Phi) is 11.2. The number of anilines is 1. The minimum Gasteiger partial charge on any atom is -0.497 e.